The highest BCUT2D eigenvalue weighted by molar-refractivity contribution is 7.85. The van der Waals surface area contributed by atoms with Crippen LogP contribution in [0, 0.1) is 11.3 Å². The van der Waals surface area contributed by atoms with Crippen molar-refractivity contribution in [1.82, 2.24) is 4.98 Å². The van der Waals surface area contributed by atoms with Crippen LogP contribution in [0.3, 0.4) is 0 Å². The van der Waals surface area contributed by atoms with Crippen LogP contribution in [-0.2, 0) is 4.57 Å². The standard InChI is InChI=1S/C29H32N3O3P/c30-21-26-27(36(34,24-17-9-3-10-18-24)25-19-11-4-12-20-25)31-29(35-28(26)33)32(22-13-5-1-6-14-22)23-15-7-2-8-16-23/h3-4,9-12,17-20,22-23H,1-2,5-8,13-16H2. The molecule has 0 aliphatic heterocycles. The summed E-state index contributed by atoms with van der Waals surface area (Å²) >= 11 is 0. The molecule has 5 rings (SSSR count). The van der Waals surface area contributed by atoms with Crippen LogP contribution in [0.2, 0.25) is 0 Å². The molecule has 0 spiro atoms. The van der Waals surface area contributed by atoms with Gasteiger partial charge >= 0.3 is 11.6 Å². The van der Waals surface area contributed by atoms with Gasteiger partial charge in [-0.15, -0.1) is 0 Å². The second-order valence-corrected chi connectivity index (χ2v) is 12.5. The zero-order chi connectivity index (χ0) is 25.0. The molecule has 1 aromatic heterocycles. The van der Waals surface area contributed by atoms with Gasteiger partial charge in [-0.2, -0.15) is 10.2 Å². The van der Waals surface area contributed by atoms with Gasteiger partial charge in [-0.05, 0) is 25.7 Å². The highest BCUT2D eigenvalue weighted by Crippen LogP contribution is 2.43. The van der Waals surface area contributed by atoms with Crippen molar-refractivity contribution >= 4 is 29.2 Å². The van der Waals surface area contributed by atoms with Gasteiger partial charge in [0.05, 0.1) is 0 Å². The first-order chi connectivity index (χ1) is 17.6. The van der Waals surface area contributed by atoms with Gasteiger partial charge in [0.2, 0.25) is 0 Å². The molecule has 0 N–H and O–H groups in total. The average Bonchev–Trinajstić information content (AvgIpc) is 2.94. The number of hydrogen-bond acceptors (Lipinski definition) is 6. The summed E-state index contributed by atoms with van der Waals surface area (Å²) in [4.78, 5) is 20.4. The van der Waals surface area contributed by atoms with Gasteiger partial charge in [-0.1, -0.05) is 99.2 Å². The average molecular weight is 502 g/mol. The number of nitriles is 1. The zero-order valence-electron chi connectivity index (χ0n) is 20.5. The molecular weight excluding hydrogens is 469 g/mol. The molecule has 2 aliphatic rings. The van der Waals surface area contributed by atoms with E-state index < -0.39 is 12.8 Å². The van der Waals surface area contributed by atoms with Gasteiger partial charge in [0.15, 0.2) is 12.7 Å². The van der Waals surface area contributed by atoms with Crippen LogP contribution in [0.25, 0.3) is 0 Å². The van der Waals surface area contributed by atoms with Crippen molar-refractivity contribution < 1.29 is 8.98 Å². The Morgan fingerprint density at radius 3 is 1.72 bits per heavy atom. The fourth-order valence-electron chi connectivity index (χ4n) is 5.83. The molecule has 2 fully saturated rings. The first kappa shape index (κ1) is 24.5. The summed E-state index contributed by atoms with van der Waals surface area (Å²) in [7, 11) is -3.62. The number of benzene rings is 2. The molecule has 1 heterocycles. The van der Waals surface area contributed by atoms with E-state index in [4.69, 9.17) is 9.40 Å². The van der Waals surface area contributed by atoms with Crippen molar-refractivity contribution in [2.75, 3.05) is 4.90 Å². The van der Waals surface area contributed by atoms with E-state index in [0.29, 0.717) is 10.6 Å². The van der Waals surface area contributed by atoms with Gasteiger partial charge in [-0.25, -0.2) is 4.79 Å². The van der Waals surface area contributed by atoms with E-state index in [2.05, 4.69) is 4.90 Å². The summed E-state index contributed by atoms with van der Waals surface area (Å²) in [5, 5.41) is 11.1. The van der Waals surface area contributed by atoms with Crippen molar-refractivity contribution in [3.05, 3.63) is 76.6 Å². The highest BCUT2D eigenvalue weighted by atomic mass is 31.2. The van der Waals surface area contributed by atoms with Crippen molar-refractivity contribution in [1.29, 1.82) is 5.26 Å². The number of anilines is 1. The number of aromatic nitrogens is 1. The molecule has 36 heavy (non-hydrogen) atoms. The second kappa shape index (κ2) is 10.8. The molecule has 0 bridgehead atoms. The van der Waals surface area contributed by atoms with Gasteiger partial charge in [0.1, 0.15) is 11.5 Å². The lowest BCUT2D eigenvalue weighted by Gasteiger charge is -2.41. The number of rotatable bonds is 6. The minimum absolute atomic E-state index is 0.0327. The molecular formula is C29H32N3O3P. The Hall–Kier alpha value is -3.16. The maximum Gasteiger partial charge on any atom is 0.359 e. The number of hydrogen-bond donors (Lipinski definition) is 0. The molecule has 2 aromatic carbocycles. The van der Waals surface area contributed by atoms with E-state index >= 15 is 4.57 Å². The van der Waals surface area contributed by atoms with Crippen LogP contribution in [0.5, 0.6) is 0 Å². The predicted molar refractivity (Wildman–Crippen MR) is 143 cm³/mol. The van der Waals surface area contributed by atoms with E-state index in [0.717, 1.165) is 51.4 Å². The normalized spacial score (nSPS) is 17.4. The Balaban J connectivity index is 1.73. The van der Waals surface area contributed by atoms with Crippen LogP contribution >= 0.6 is 7.14 Å². The van der Waals surface area contributed by atoms with Crippen LogP contribution in [0.15, 0.2) is 69.9 Å². The van der Waals surface area contributed by atoms with Gasteiger partial charge in [-0.3, -0.25) is 0 Å². The number of nitrogens with zero attached hydrogens (tertiary/aromatic N) is 3. The van der Waals surface area contributed by atoms with Crippen molar-refractivity contribution in [3.63, 3.8) is 0 Å². The lowest BCUT2D eigenvalue weighted by molar-refractivity contribution is 0.313. The van der Waals surface area contributed by atoms with Crippen LogP contribution in [-0.4, -0.2) is 17.1 Å². The molecule has 0 unspecified atom stereocenters. The first-order valence-corrected chi connectivity index (χ1v) is 14.8. The molecule has 0 atom stereocenters. The molecule has 0 saturated heterocycles. The van der Waals surface area contributed by atoms with Crippen LogP contribution in [0.4, 0.5) is 6.01 Å². The maximum absolute atomic E-state index is 15.1. The lowest BCUT2D eigenvalue weighted by Crippen LogP contribution is -2.47. The van der Waals surface area contributed by atoms with Gasteiger partial charge < -0.3 is 13.9 Å². The third-order valence-electron chi connectivity index (χ3n) is 7.62. The van der Waals surface area contributed by atoms with Crippen LogP contribution < -0.4 is 26.6 Å². The highest BCUT2D eigenvalue weighted by Gasteiger charge is 2.39. The van der Waals surface area contributed by atoms with Gasteiger partial charge in [0, 0.05) is 22.7 Å². The third kappa shape index (κ3) is 4.65. The van der Waals surface area contributed by atoms with E-state index in [1.54, 1.807) is 24.3 Å². The largest absolute Gasteiger partial charge is 0.388 e. The summed E-state index contributed by atoms with van der Waals surface area (Å²) in [5.41, 5.74) is -1.01. The topological polar surface area (TPSA) is 87.2 Å². The van der Waals surface area contributed by atoms with Gasteiger partial charge in [0.25, 0.3) is 0 Å². The SMILES string of the molecule is N#Cc1c(P(=O)(c2ccccc2)c2ccccc2)nc(N(C2CCCCC2)C2CCCCC2)oc1=O. The lowest BCUT2D eigenvalue weighted by atomic mass is 9.89. The van der Waals surface area contributed by atoms with Crippen molar-refractivity contribution in [2.24, 2.45) is 0 Å². The molecule has 7 heteroatoms. The smallest absolute Gasteiger partial charge is 0.359 e. The Labute approximate surface area is 212 Å². The monoisotopic (exact) mass is 501 g/mol. The Kier molecular flexibility index (Phi) is 7.39. The molecule has 186 valence electrons. The minimum atomic E-state index is -3.62. The summed E-state index contributed by atoms with van der Waals surface area (Å²) < 4.78 is 20.9. The summed E-state index contributed by atoms with van der Waals surface area (Å²) in [5.74, 6) is 0. The van der Waals surface area contributed by atoms with E-state index in [1.807, 2.05) is 42.5 Å². The predicted octanol–water partition coefficient (Wildman–Crippen LogP) is 5.02. The van der Waals surface area contributed by atoms with Crippen molar-refractivity contribution in [2.45, 2.75) is 76.3 Å². The molecule has 0 amide bonds. The second-order valence-electron chi connectivity index (χ2n) is 9.87. The molecule has 2 saturated carbocycles. The van der Waals surface area contributed by atoms with E-state index in [-0.39, 0.29) is 29.1 Å². The Bertz CT molecular complexity index is 1260. The van der Waals surface area contributed by atoms with E-state index in [9.17, 15) is 10.1 Å². The minimum Gasteiger partial charge on any atom is -0.388 e. The fraction of sp³-hybridized carbons (Fsp3) is 0.414. The molecule has 2 aliphatic carbocycles. The molecule has 6 nitrogen and oxygen atoms in total. The molecule has 0 radical (unpaired) electrons. The fourth-order valence-corrected chi connectivity index (χ4v) is 8.48. The summed E-state index contributed by atoms with van der Waals surface area (Å²) in [6.07, 6.45) is 11.0. The maximum atomic E-state index is 15.1. The first-order valence-electron chi connectivity index (χ1n) is 13.1. The zero-order valence-corrected chi connectivity index (χ0v) is 21.4. The summed E-state index contributed by atoms with van der Waals surface area (Å²) in [6, 6.07) is 20.8. The Morgan fingerprint density at radius 2 is 1.28 bits per heavy atom. The molecule has 3 aromatic rings. The summed E-state index contributed by atoms with van der Waals surface area (Å²) in [6.45, 7) is 0. The quantitative estimate of drug-likeness (QED) is 0.441. The van der Waals surface area contributed by atoms with Crippen molar-refractivity contribution in [3.8, 4) is 6.07 Å². The third-order valence-corrected chi connectivity index (χ3v) is 10.6. The van der Waals surface area contributed by atoms with Crippen LogP contribution in [0.1, 0.15) is 69.8 Å². The Morgan fingerprint density at radius 1 is 0.806 bits per heavy atom. The van der Waals surface area contributed by atoms with E-state index in [1.165, 1.54) is 12.8 Å².